The third-order valence-corrected chi connectivity index (χ3v) is 3.40. The van der Waals surface area contributed by atoms with Gasteiger partial charge in [0.1, 0.15) is 5.75 Å². The van der Waals surface area contributed by atoms with Crippen LogP contribution in [0.25, 0.3) is 0 Å². The molecule has 1 unspecified atom stereocenters. The molecule has 16 heavy (non-hydrogen) atoms. The van der Waals surface area contributed by atoms with E-state index < -0.39 is 0 Å². The van der Waals surface area contributed by atoms with Gasteiger partial charge in [-0.3, -0.25) is 0 Å². The summed E-state index contributed by atoms with van der Waals surface area (Å²) in [6, 6.07) is 6.75. The lowest BCUT2D eigenvalue weighted by atomic mass is 10.0. The van der Waals surface area contributed by atoms with E-state index in [2.05, 4.69) is 34.2 Å². The predicted octanol–water partition coefficient (Wildman–Crippen LogP) is 3.39. The number of benzene rings is 1. The van der Waals surface area contributed by atoms with Crippen LogP contribution in [0.1, 0.15) is 25.3 Å². The van der Waals surface area contributed by atoms with Crippen molar-refractivity contribution in [2.75, 3.05) is 14.2 Å². The number of hydrogen-bond acceptors (Lipinski definition) is 2. The fraction of sp³-hybridized carbons (Fsp3) is 0.538. The van der Waals surface area contributed by atoms with Gasteiger partial charge in [0.05, 0.1) is 7.11 Å². The summed E-state index contributed by atoms with van der Waals surface area (Å²) in [6.07, 6.45) is 3.34. The van der Waals surface area contributed by atoms with E-state index in [9.17, 15) is 0 Å². The first kappa shape index (κ1) is 13.5. The third-order valence-electron chi connectivity index (χ3n) is 2.91. The van der Waals surface area contributed by atoms with Gasteiger partial charge in [-0.15, -0.1) is 0 Å². The smallest absolute Gasteiger partial charge is 0.122 e. The molecule has 0 aliphatic carbocycles. The highest BCUT2D eigenvalue weighted by atomic mass is 79.9. The van der Waals surface area contributed by atoms with Crippen LogP contribution in [0.4, 0.5) is 0 Å². The molecular weight excluding hydrogens is 266 g/mol. The summed E-state index contributed by atoms with van der Waals surface area (Å²) in [5, 5.41) is 3.32. The molecule has 0 aromatic heterocycles. The number of hydrogen-bond donors (Lipinski definition) is 1. The molecule has 1 N–H and O–H groups in total. The van der Waals surface area contributed by atoms with E-state index in [1.807, 2.05) is 19.2 Å². The molecule has 0 amide bonds. The van der Waals surface area contributed by atoms with Crippen LogP contribution < -0.4 is 10.1 Å². The van der Waals surface area contributed by atoms with Crippen molar-refractivity contribution in [2.45, 2.75) is 32.2 Å². The summed E-state index contributed by atoms with van der Waals surface area (Å²) in [6.45, 7) is 2.21. The second-order valence-corrected chi connectivity index (χ2v) is 4.80. The second kappa shape index (κ2) is 6.92. The lowest BCUT2D eigenvalue weighted by Gasteiger charge is -2.15. The lowest BCUT2D eigenvalue weighted by molar-refractivity contribution is 0.406. The van der Waals surface area contributed by atoms with Crippen LogP contribution >= 0.6 is 15.9 Å². The Morgan fingerprint density at radius 2 is 2.19 bits per heavy atom. The van der Waals surface area contributed by atoms with Gasteiger partial charge in [0.25, 0.3) is 0 Å². The van der Waals surface area contributed by atoms with Gasteiger partial charge in [0, 0.05) is 10.5 Å². The van der Waals surface area contributed by atoms with Crippen molar-refractivity contribution >= 4 is 15.9 Å². The van der Waals surface area contributed by atoms with Crippen molar-refractivity contribution in [3.8, 4) is 5.75 Å². The first-order valence-electron chi connectivity index (χ1n) is 5.71. The van der Waals surface area contributed by atoms with Gasteiger partial charge in [-0.25, -0.2) is 0 Å². The highest BCUT2D eigenvalue weighted by Crippen LogP contribution is 2.24. The minimum Gasteiger partial charge on any atom is -0.496 e. The maximum absolute atomic E-state index is 5.36. The Morgan fingerprint density at radius 1 is 1.44 bits per heavy atom. The topological polar surface area (TPSA) is 21.3 Å². The van der Waals surface area contributed by atoms with Crippen molar-refractivity contribution < 1.29 is 4.74 Å². The summed E-state index contributed by atoms with van der Waals surface area (Å²) in [7, 11) is 3.74. The molecule has 1 aromatic rings. The fourth-order valence-electron chi connectivity index (χ4n) is 1.82. The predicted molar refractivity (Wildman–Crippen MR) is 72.2 cm³/mol. The molecule has 0 bridgehead atoms. The van der Waals surface area contributed by atoms with E-state index in [1.165, 1.54) is 5.56 Å². The largest absolute Gasteiger partial charge is 0.496 e. The highest BCUT2D eigenvalue weighted by molar-refractivity contribution is 9.10. The van der Waals surface area contributed by atoms with E-state index in [0.717, 1.165) is 29.5 Å². The summed E-state index contributed by atoms with van der Waals surface area (Å²) in [5.41, 5.74) is 1.27. The molecule has 2 nitrogen and oxygen atoms in total. The van der Waals surface area contributed by atoms with Crippen molar-refractivity contribution in [3.63, 3.8) is 0 Å². The van der Waals surface area contributed by atoms with Crippen LogP contribution in [0.2, 0.25) is 0 Å². The average molecular weight is 286 g/mol. The molecule has 90 valence electrons. The summed E-state index contributed by atoms with van der Waals surface area (Å²) in [5.74, 6) is 0.981. The zero-order chi connectivity index (χ0) is 12.0. The molecule has 0 spiro atoms. The van der Waals surface area contributed by atoms with Gasteiger partial charge in [0.15, 0.2) is 0 Å². The first-order valence-corrected chi connectivity index (χ1v) is 6.50. The Labute approximate surface area is 107 Å². The van der Waals surface area contributed by atoms with Gasteiger partial charge in [-0.1, -0.05) is 22.9 Å². The molecule has 0 saturated heterocycles. The van der Waals surface area contributed by atoms with Crippen LogP contribution in [-0.4, -0.2) is 20.2 Å². The maximum Gasteiger partial charge on any atom is 0.122 e. The van der Waals surface area contributed by atoms with Crippen molar-refractivity contribution in [1.29, 1.82) is 0 Å². The van der Waals surface area contributed by atoms with Gasteiger partial charge in [-0.05, 0) is 50.1 Å². The van der Waals surface area contributed by atoms with Crippen LogP contribution in [0.5, 0.6) is 5.75 Å². The number of ether oxygens (including phenoxy) is 1. The molecule has 1 atom stereocenters. The standard InChI is InChI=1S/C13H20BrNO/c1-4-12(15-2)7-5-10-9-11(14)6-8-13(10)16-3/h6,8-9,12,15H,4-5,7H2,1-3H3. The Morgan fingerprint density at radius 3 is 2.75 bits per heavy atom. The Kier molecular flexibility index (Phi) is 5.85. The maximum atomic E-state index is 5.36. The van der Waals surface area contributed by atoms with E-state index in [4.69, 9.17) is 4.74 Å². The minimum absolute atomic E-state index is 0.587. The van der Waals surface area contributed by atoms with Crippen LogP contribution in [0.15, 0.2) is 22.7 Å². The number of nitrogens with one attached hydrogen (secondary N) is 1. The molecule has 1 aromatic carbocycles. The van der Waals surface area contributed by atoms with Crippen molar-refractivity contribution in [2.24, 2.45) is 0 Å². The van der Waals surface area contributed by atoms with Gasteiger partial charge < -0.3 is 10.1 Å². The van der Waals surface area contributed by atoms with Crippen LogP contribution in [-0.2, 0) is 6.42 Å². The van der Waals surface area contributed by atoms with Crippen molar-refractivity contribution in [1.82, 2.24) is 5.32 Å². The van der Waals surface area contributed by atoms with Crippen molar-refractivity contribution in [3.05, 3.63) is 28.2 Å². The summed E-state index contributed by atoms with van der Waals surface area (Å²) < 4.78 is 6.47. The minimum atomic E-state index is 0.587. The number of rotatable bonds is 6. The van der Waals surface area contributed by atoms with E-state index in [-0.39, 0.29) is 0 Å². The van der Waals surface area contributed by atoms with E-state index in [1.54, 1.807) is 7.11 Å². The number of halogens is 1. The monoisotopic (exact) mass is 285 g/mol. The third kappa shape index (κ3) is 3.80. The zero-order valence-electron chi connectivity index (χ0n) is 10.2. The molecule has 0 fully saturated rings. The SMILES string of the molecule is CCC(CCc1cc(Br)ccc1OC)NC. The van der Waals surface area contributed by atoms with Gasteiger partial charge in [0.2, 0.25) is 0 Å². The lowest BCUT2D eigenvalue weighted by Crippen LogP contribution is -2.24. The average Bonchev–Trinajstić information content (AvgIpc) is 2.30. The van der Waals surface area contributed by atoms with E-state index >= 15 is 0 Å². The van der Waals surface area contributed by atoms with Gasteiger partial charge in [-0.2, -0.15) is 0 Å². The molecule has 0 saturated carbocycles. The molecule has 3 heteroatoms. The molecule has 1 rings (SSSR count). The van der Waals surface area contributed by atoms with E-state index in [0.29, 0.717) is 6.04 Å². The zero-order valence-corrected chi connectivity index (χ0v) is 11.8. The number of aryl methyl sites for hydroxylation is 1. The van der Waals surface area contributed by atoms with Crippen LogP contribution in [0, 0.1) is 0 Å². The fourth-order valence-corrected chi connectivity index (χ4v) is 2.23. The highest BCUT2D eigenvalue weighted by Gasteiger charge is 2.07. The second-order valence-electron chi connectivity index (χ2n) is 3.89. The molecular formula is C13H20BrNO. The normalized spacial score (nSPS) is 12.5. The summed E-state index contributed by atoms with van der Waals surface area (Å²) >= 11 is 3.50. The molecule has 0 aliphatic heterocycles. The molecule has 0 heterocycles. The molecule has 0 aliphatic rings. The first-order chi connectivity index (χ1) is 7.71. The quantitative estimate of drug-likeness (QED) is 0.865. The van der Waals surface area contributed by atoms with Gasteiger partial charge >= 0.3 is 0 Å². The summed E-state index contributed by atoms with van der Waals surface area (Å²) in [4.78, 5) is 0. The Balaban J connectivity index is 2.68. The molecule has 0 radical (unpaired) electrons. The Bertz CT molecular complexity index is 324. The van der Waals surface area contributed by atoms with Crippen LogP contribution in [0.3, 0.4) is 0 Å². The Hall–Kier alpha value is -0.540. The number of methoxy groups -OCH3 is 1.